The van der Waals surface area contributed by atoms with Gasteiger partial charge >= 0.3 is 0 Å². The second-order valence-corrected chi connectivity index (χ2v) is 5.45. The molecule has 0 aromatic carbocycles. The van der Waals surface area contributed by atoms with Crippen LogP contribution in [0.25, 0.3) is 11.3 Å². The second kappa shape index (κ2) is 7.05. The number of likely N-dealkylation sites (tertiary alicyclic amines) is 1. The molecular weight excluding hydrogens is 308 g/mol. The van der Waals surface area contributed by atoms with Crippen LogP contribution in [-0.2, 0) is 4.79 Å². The van der Waals surface area contributed by atoms with Crippen LogP contribution in [0, 0.1) is 0 Å². The average molecular weight is 326 g/mol. The fourth-order valence-corrected chi connectivity index (χ4v) is 2.44. The lowest BCUT2D eigenvalue weighted by Gasteiger charge is -2.39. The standard InChI is InChI=1S/C16H18N6O2/c17-4-1-2-15(23)22-8-12(9-22)21-14-6-11(7-19-16(14)24)13-3-5-18-10-20-13/h1-3,5-7,10,12,21H,4,8-9,17H2,(H,19,24). The van der Waals surface area contributed by atoms with Crippen molar-refractivity contribution in [3.63, 3.8) is 0 Å². The Kier molecular flexibility index (Phi) is 4.66. The molecule has 2 aromatic heterocycles. The number of nitrogens with two attached hydrogens (primary N) is 1. The van der Waals surface area contributed by atoms with E-state index in [9.17, 15) is 9.59 Å². The Bertz CT molecular complexity index is 796. The summed E-state index contributed by atoms with van der Waals surface area (Å²) in [5, 5.41) is 3.17. The van der Waals surface area contributed by atoms with Crippen LogP contribution in [0.15, 0.2) is 47.8 Å². The molecule has 1 saturated heterocycles. The summed E-state index contributed by atoms with van der Waals surface area (Å²) in [7, 11) is 0. The van der Waals surface area contributed by atoms with Crippen LogP contribution in [0.4, 0.5) is 5.69 Å². The summed E-state index contributed by atoms with van der Waals surface area (Å²) in [5.74, 6) is -0.0675. The lowest BCUT2D eigenvalue weighted by Crippen LogP contribution is -2.57. The first-order valence-electron chi connectivity index (χ1n) is 7.58. The molecule has 1 aliphatic heterocycles. The molecule has 8 heteroatoms. The van der Waals surface area contributed by atoms with Crippen LogP contribution in [0.5, 0.6) is 0 Å². The van der Waals surface area contributed by atoms with Gasteiger partial charge in [0.25, 0.3) is 5.56 Å². The maximum absolute atomic E-state index is 12.0. The molecule has 1 amide bonds. The highest BCUT2D eigenvalue weighted by molar-refractivity contribution is 5.88. The second-order valence-electron chi connectivity index (χ2n) is 5.45. The summed E-state index contributed by atoms with van der Waals surface area (Å²) in [4.78, 5) is 36.2. The molecular formula is C16H18N6O2. The van der Waals surface area contributed by atoms with Crippen LogP contribution < -0.4 is 16.6 Å². The number of amides is 1. The molecule has 0 spiro atoms. The summed E-state index contributed by atoms with van der Waals surface area (Å²) >= 11 is 0. The van der Waals surface area contributed by atoms with Gasteiger partial charge in [0.05, 0.1) is 11.7 Å². The van der Waals surface area contributed by atoms with Crippen molar-refractivity contribution >= 4 is 11.6 Å². The number of rotatable bonds is 5. The maximum Gasteiger partial charge on any atom is 0.271 e. The molecule has 4 N–H and O–H groups in total. The summed E-state index contributed by atoms with van der Waals surface area (Å²) in [6, 6.07) is 3.56. The number of pyridine rings is 1. The zero-order valence-corrected chi connectivity index (χ0v) is 13.0. The third-order valence-electron chi connectivity index (χ3n) is 3.73. The van der Waals surface area contributed by atoms with E-state index in [1.165, 1.54) is 12.4 Å². The molecule has 3 heterocycles. The Morgan fingerprint density at radius 3 is 3.04 bits per heavy atom. The van der Waals surface area contributed by atoms with Crippen LogP contribution in [0.2, 0.25) is 0 Å². The van der Waals surface area contributed by atoms with E-state index < -0.39 is 0 Å². The van der Waals surface area contributed by atoms with Gasteiger partial charge in [-0.15, -0.1) is 0 Å². The smallest absolute Gasteiger partial charge is 0.271 e. The molecule has 1 aliphatic rings. The number of nitrogens with one attached hydrogen (secondary N) is 2. The van der Waals surface area contributed by atoms with Gasteiger partial charge in [0.15, 0.2) is 0 Å². The number of H-pyrrole nitrogens is 1. The predicted octanol–water partition coefficient (Wildman–Crippen LogP) is -0.0305. The van der Waals surface area contributed by atoms with Gasteiger partial charge in [-0.25, -0.2) is 9.97 Å². The first-order valence-corrected chi connectivity index (χ1v) is 7.58. The van der Waals surface area contributed by atoms with Gasteiger partial charge in [-0.05, 0) is 12.1 Å². The minimum Gasteiger partial charge on any atom is -0.374 e. The Hall–Kier alpha value is -3.00. The lowest BCUT2D eigenvalue weighted by atomic mass is 10.1. The lowest BCUT2D eigenvalue weighted by molar-refractivity contribution is -0.129. The van der Waals surface area contributed by atoms with Gasteiger partial charge in [0.1, 0.15) is 12.0 Å². The third kappa shape index (κ3) is 3.49. The van der Waals surface area contributed by atoms with E-state index in [0.29, 0.717) is 25.3 Å². The SMILES string of the molecule is NCC=CC(=O)N1CC(Nc2cc(-c3ccncn3)c[nH]c2=O)C1. The first-order chi connectivity index (χ1) is 11.7. The minimum absolute atomic E-state index is 0.0435. The molecule has 0 atom stereocenters. The third-order valence-corrected chi connectivity index (χ3v) is 3.73. The molecule has 24 heavy (non-hydrogen) atoms. The van der Waals surface area contributed by atoms with E-state index in [1.807, 2.05) is 0 Å². The quantitative estimate of drug-likeness (QED) is 0.664. The fourth-order valence-electron chi connectivity index (χ4n) is 2.44. The molecule has 3 rings (SSSR count). The van der Waals surface area contributed by atoms with E-state index in [0.717, 1.165) is 11.3 Å². The number of aromatic nitrogens is 3. The number of carbonyl (C=O) groups excluding carboxylic acids is 1. The number of aromatic amines is 1. The Labute approximate surface area is 138 Å². The van der Waals surface area contributed by atoms with Gasteiger partial charge < -0.3 is 20.9 Å². The fraction of sp³-hybridized carbons (Fsp3) is 0.250. The van der Waals surface area contributed by atoms with Crippen molar-refractivity contribution in [2.24, 2.45) is 5.73 Å². The summed E-state index contributed by atoms with van der Waals surface area (Å²) in [5.41, 5.74) is 7.09. The molecule has 124 valence electrons. The number of hydrogen-bond acceptors (Lipinski definition) is 6. The van der Waals surface area contributed by atoms with Gasteiger partial charge in [-0.1, -0.05) is 6.08 Å². The molecule has 1 fully saturated rings. The average Bonchev–Trinajstić information content (AvgIpc) is 2.57. The van der Waals surface area contributed by atoms with Crippen LogP contribution >= 0.6 is 0 Å². The van der Waals surface area contributed by atoms with Gasteiger partial charge in [0, 0.05) is 43.7 Å². The van der Waals surface area contributed by atoms with Crippen LogP contribution in [-0.4, -0.2) is 51.4 Å². The number of carbonyl (C=O) groups is 1. The number of hydrogen-bond donors (Lipinski definition) is 3. The zero-order valence-electron chi connectivity index (χ0n) is 13.0. The van der Waals surface area contributed by atoms with E-state index >= 15 is 0 Å². The molecule has 0 radical (unpaired) electrons. The Balaban J connectivity index is 1.66. The first kappa shape index (κ1) is 15.9. The molecule has 8 nitrogen and oxygen atoms in total. The molecule has 0 aliphatic carbocycles. The zero-order chi connectivity index (χ0) is 16.9. The van der Waals surface area contributed by atoms with Crippen molar-refractivity contribution in [1.29, 1.82) is 0 Å². The normalized spacial score (nSPS) is 14.6. The summed E-state index contributed by atoms with van der Waals surface area (Å²) in [6.45, 7) is 1.43. The maximum atomic E-state index is 12.0. The van der Waals surface area contributed by atoms with Gasteiger partial charge in [0.2, 0.25) is 5.91 Å². The molecule has 0 bridgehead atoms. The molecule has 0 unspecified atom stereocenters. The van der Waals surface area contributed by atoms with Gasteiger partial charge in [-0.3, -0.25) is 9.59 Å². The van der Waals surface area contributed by atoms with E-state index in [4.69, 9.17) is 5.73 Å². The Morgan fingerprint density at radius 1 is 1.50 bits per heavy atom. The van der Waals surface area contributed by atoms with Crippen LogP contribution in [0.1, 0.15) is 0 Å². The molecule has 2 aromatic rings. The van der Waals surface area contributed by atoms with Crippen molar-refractivity contribution in [2.75, 3.05) is 25.0 Å². The van der Waals surface area contributed by atoms with E-state index in [1.54, 1.807) is 35.5 Å². The van der Waals surface area contributed by atoms with Crippen LogP contribution in [0.3, 0.4) is 0 Å². The van der Waals surface area contributed by atoms with Crippen molar-refractivity contribution in [2.45, 2.75) is 6.04 Å². The minimum atomic E-state index is -0.208. The highest BCUT2D eigenvalue weighted by Gasteiger charge is 2.29. The van der Waals surface area contributed by atoms with Crippen molar-refractivity contribution in [3.05, 3.63) is 53.4 Å². The monoisotopic (exact) mass is 326 g/mol. The molecule has 0 saturated carbocycles. The van der Waals surface area contributed by atoms with E-state index in [-0.39, 0.29) is 17.5 Å². The van der Waals surface area contributed by atoms with Crippen molar-refractivity contribution in [3.8, 4) is 11.3 Å². The number of nitrogens with zero attached hydrogens (tertiary/aromatic N) is 3. The summed E-state index contributed by atoms with van der Waals surface area (Å²) in [6.07, 6.45) is 7.81. The van der Waals surface area contributed by atoms with Gasteiger partial charge in [-0.2, -0.15) is 0 Å². The summed E-state index contributed by atoms with van der Waals surface area (Å²) < 4.78 is 0. The number of anilines is 1. The van der Waals surface area contributed by atoms with Crippen molar-refractivity contribution in [1.82, 2.24) is 19.9 Å². The topological polar surface area (TPSA) is 117 Å². The van der Waals surface area contributed by atoms with E-state index in [2.05, 4.69) is 20.3 Å². The van der Waals surface area contributed by atoms with Crippen molar-refractivity contribution < 1.29 is 4.79 Å². The predicted molar refractivity (Wildman–Crippen MR) is 90.3 cm³/mol. The largest absolute Gasteiger partial charge is 0.374 e. The highest BCUT2D eigenvalue weighted by atomic mass is 16.2. The highest BCUT2D eigenvalue weighted by Crippen LogP contribution is 2.19. The Morgan fingerprint density at radius 2 is 2.33 bits per heavy atom.